The highest BCUT2D eigenvalue weighted by atomic mass is 16.2. The summed E-state index contributed by atoms with van der Waals surface area (Å²) in [5.41, 5.74) is 7.07. The summed E-state index contributed by atoms with van der Waals surface area (Å²) in [7, 11) is 0. The van der Waals surface area contributed by atoms with Gasteiger partial charge in [0.1, 0.15) is 0 Å². The number of rotatable bonds is 6. The highest BCUT2D eigenvalue weighted by molar-refractivity contribution is 5.81. The molecule has 94 valence electrons. The van der Waals surface area contributed by atoms with E-state index in [0.29, 0.717) is 6.54 Å². The van der Waals surface area contributed by atoms with Gasteiger partial charge in [0.25, 0.3) is 0 Å². The molecule has 0 aromatic heterocycles. The molecule has 0 spiro atoms. The predicted molar refractivity (Wildman–Crippen MR) is 70.6 cm³/mol. The monoisotopic (exact) mass is 234 g/mol. The van der Waals surface area contributed by atoms with E-state index in [1.54, 1.807) is 0 Å². The van der Waals surface area contributed by atoms with Gasteiger partial charge in [-0.05, 0) is 17.9 Å². The molecule has 1 rings (SSSR count). The summed E-state index contributed by atoms with van der Waals surface area (Å²) in [6, 6.07) is 9.71. The quantitative estimate of drug-likeness (QED) is 0.787. The molecule has 17 heavy (non-hydrogen) atoms. The van der Waals surface area contributed by atoms with Crippen LogP contribution in [0, 0.1) is 5.92 Å². The number of nitrogens with two attached hydrogens (primary N) is 1. The van der Waals surface area contributed by atoms with Crippen LogP contribution in [0.2, 0.25) is 0 Å². The molecule has 2 atom stereocenters. The van der Waals surface area contributed by atoms with Crippen molar-refractivity contribution in [3.8, 4) is 0 Å². The van der Waals surface area contributed by atoms with Crippen LogP contribution in [0.3, 0.4) is 0 Å². The van der Waals surface area contributed by atoms with Crippen LogP contribution in [0.15, 0.2) is 30.3 Å². The van der Waals surface area contributed by atoms with E-state index in [1.165, 1.54) is 5.56 Å². The van der Waals surface area contributed by atoms with E-state index in [9.17, 15) is 4.79 Å². The Morgan fingerprint density at radius 1 is 1.35 bits per heavy atom. The fourth-order valence-electron chi connectivity index (χ4n) is 1.60. The lowest BCUT2D eigenvalue weighted by molar-refractivity contribution is -0.123. The third kappa shape index (κ3) is 4.57. The van der Waals surface area contributed by atoms with Crippen LogP contribution in [0.1, 0.15) is 25.8 Å². The van der Waals surface area contributed by atoms with Gasteiger partial charge in [-0.15, -0.1) is 0 Å². The summed E-state index contributed by atoms with van der Waals surface area (Å²) < 4.78 is 0. The number of hydrogen-bond donors (Lipinski definition) is 2. The van der Waals surface area contributed by atoms with Gasteiger partial charge >= 0.3 is 0 Å². The van der Waals surface area contributed by atoms with Crippen molar-refractivity contribution in [2.45, 2.75) is 32.7 Å². The minimum absolute atomic E-state index is 0.0460. The Hall–Kier alpha value is -1.35. The topological polar surface area (TPSA) is 55.1 Å². The molecule has 3 heteroatoms. The van der Waals surface area contributed by atoms with Crippen molar-refractivity contribution in [2.24, 2.45) is 11.7 Å². The first-order chi connectivity index (χ1) is 8.15. The van der Waals surface area contributed by atoms with Gasteiger partial charge in [0, 0.05) is 6.54 Å². The van der Waals surface area contributed by atoms with Crippen LogP contribution in [-0.2, 0) is 11.2 Å². The number of carbonyl (C=O) groups is 1. The summed E-state index contributed by atoms with van der Waals surface area (Å²) in [6.45, 7) is 4.69. The standard InChI is InChI=1S/C14H22N2O/c1-3-11(2)13(15)14(17)16-10-9-12-7-5-4-6-8-12/h4-8,11,13H,3,9-10,15H2,1-2H3,(H,16,17)/t11?,13-/m0/s1. The van der Waals surface area contributed by atoms with Gasteiger partial charge in [0.15, 0.2) is 0 Å². The van der Waals surface area contributed by atoms with Gasteiger partial charge in [0.05, 0.1) is 6.04 Å². The Morgan fingerprint density at radius 2 is 2.00 bits per heavy atom. The molecular weight excluding hydrogens is 212 g/mol. The van der Waals surface area contributed by atoms with Crippen molar-refractivity contribution in [1.29, 1.82) is 0 Å². The number of amides is 1. The predicted octanol–water partition coefficient (Wildman–Crippen LogP) is 1.72. The van der Waals surface area contributed by atoms with Gasteiger partial charge in [0.2, 0.25) is 5.91 Å². The minimum Gasteiger partial charge on any atom is -0.354 e. The molecule has 3 N–H and O–H groups in total. The molecule has 0 heterocycles. The largest absolute Gasteiger partial charge is 0.354 e. The van der Waals surface area contributed by atoms with Crippen molar-refractivity contribution in [2.75, 3.05) is 6.54 Å². The SMILES string of the molecule is CCC(C)[C@H](N)C(=O)NCCc1ccccc1. The lowest BCUT2D eigenvalue weighted by atomic mass is 9.99. The molecule has 1 amide bonds. The van der Waals surface area contributed by atoms with Crippen LogP contribution >= 0.6 is 0 Å². The van der Waals surface area contributed by atoms with Crippen molar-refractivity contribution in [1.82, 2.24) is 5.32 Å². The second-order valence-corrected chi connectivity index (χ2v) is 4.44. The lowest BCUT2D eigenvalue weighted by Crippen LogP contribution is -2.45. The van der Waals surface area contributed by atoms with Gasteiger partial charge in [-0.2, -0.15) is 0 Å². The van der Waals surface area contributed by atoms with Crippen LogP contribution in [0.5, 0.6) is 0 Å². The Labute approximate surface area is 103 Å². The number of hydrogen-bond acceptors (Lipinski definition) is 2. The Morgan fingerprint density at radius 3 is 2.59 bits per heavy atom. The van der Waals surface area contributed by atoms with E-state index in [1.807, 2.05) is 32.0 Å². The van der Waals surface area contributed by atoms with Crippen LogP contribution in [0.25, 0.3) is 0 Å². The Kier molecular flexibility index (Phi) is 5.70. The van der Waals surface area contributed by atoms with Crippen LogP contribution in [-0.4, -0.2) is 18.5 Å². The fraction of sp³-hybridized carbons (Fsp3) is 0.500. The fourth-order valence-corrected chi connectivity index (χ4v) is 1.60. The molecule has 0 saturated heterocycles. The molecule has 1 aromatic carbocycles. The maximum absolute atomic E-state index is 11.7. The Bertz CT molecular complexity index is 337. The summed E-state index contributed by atoms with van der Waals surface area (Å²) >= 11 is 0. The first-order valence-corrected chi connectivity index (χ1v) is 6.22. The number of nitrogens with one attached hydrogen (secondary N) is 1. The first kappa shape index (κ1) is 13.7. The average molecular weight is 234 g/mol. The Balaban J connectivity index is 2.29. The molecule has 1 unspecified atom stereocenters. The molecule has 0 aliphatic carbocycles. The summed E-state index contributed by atoms with van der Waals surface area (Å²) in [4.78, 5) is 11.7. The third-order valence-electron chi connectivity index (χ3n) is 3.12. The van der Waals surface area contributed by atoms with E-state index in [-0.39, 0.29) is 11.8 Å². The lowest BCUT2D eigenvalue weighted by Gasteiger charge is -2.17. The molecule has 0 aliphatic rings. The highest BCUT2D eigenvalue weighted by Crippen LogP contribution is 2.05. The second-order valence-electron chi connectivity index (χ2n) is 4.44. The smallest absolute Gasteiger partial charge is 0.237 e. The molecule has 0 fully saturated rings. The molecular formula is C14H22N2O. The summed E-state index contributed by atoms with van der Waals surface area (Å²) in [5, 5.41) is 2.88. The van der Waals surface area contributed by atoms with Crippen LogP contribution in [0.4, 0.5) is 0 Å². The normalized spacial score (nSPS) is 14.1. The zero-order chi connectivity index (χ0) is 12.7. The van der Waals surface area contributed by atoms with Crippen molar-refractivity contribution in [3.05, 3.63) is 35.9 Å². The molecule has 0 saturated carbocycles. The molecule has 0 bridgehead atoms. The maximum Gasteiger partial charge on any atom is 0.237 e. The van der Waals surface area contributed by atoms with Crippen molar-refractivity contribution < 1.29 is 4.79 Å². The number of benzene rings is 1. The van der Waals surface area contributed by atoms with Gasteiger partial charge in [-0.1, -0.05) is 50.6 Å². The van der Waals surface area contributed by atoms with Crippen molar-refractivity contribution >= 4 is 5.91 Å². The van der Waals surface area contributed by atoms with Gasteiger partial charge < -0.3 is 11.1 Å². The maximum atomic E-state index is 11.7. The van der Waals surface area contributed by atoms with E-state index >= 15 is 0 Å². The number of carbonyl (C=O) groups excluding carboxylic acids is 1. The molecule has 3 nitrogen and oxygen atoms in total. The summed E-state index contributed by atoms with van der Waals surface area (Å²) in [5.74, 6) is 0.182. The van der Waals surface area contributed by atoms with Gasteiger partial charge in [-0.3, -0.25) is 4.79 Å². The van der Waals surface area contributed by atoms with E-state index in [2.05, 4.69) is 17.4 Å². The van der Waals surface area contributed by atoms with Crippen molar-refractivity contribution in [3.63, 3.8) is 0 Å². The van der Waals surface area contributed by atoms with E-state index < -0.39 is 6.04 Å². The average Bonchev–Trinajstić information content (AvgIpc) is 2.38. The zero-order valence-corrected chi connectivity index (χ0v) is 10.6. The summed E-state index contributed by atoms with van der Waals surface area (Å²) in [6.07, 6.45) is 1.77. The minimum atomic E-state index is -0.393. The third-order valence-corrected chi connectivity index (χ3v) is 3.12. The zero-order valence-electron chi connectivity index (χ0n) is 10.6. The van der Waals surface area contributed by atoms with Crippen LogP contribution < -0.4 is 11.1 Å². The molecule has 0 radical (unpaired) electrons. The van der Waals surface area contributed by atoms with E-state index in [4.69, 9.17) is 5.73 Å². The first-order valence-electron chi connectivity index (χ1n) is 6.22. The van der Waals surface area contributed by atoms with Gasteiger partial charge in [-0.25, -0.2) is 0 Å². The highest BCUT2D eigenvalue weighted by Gasteiger charge is 2.18. The molecule has 0 aliphatic heterocycles. The molecule has 1 aromatic rings. The second kappa shape index (κ2) is 7.07. The van der Waals surface area contributed by atoms with E-state index in [0.717, 1.165) is 12.8 Å².